The highest BCUT2D eigenvalue weighted by Crippen LogP contribution is 2.21. The van der Waals surface area contributed by atoms with E-state index in [-0.39, 0.29) is 42.6 Å². The standard InChI is InChI=1S/C20H31N3O4S/c1-4-11-21-19(24)9-10-20(25)22-12-14-23(15-13-22)28(26,27)18-7-5-17(6-8-18)16(2)3/h5-8,16H,4,9-15H2,1-3H3,(H,21,24). The third-order valence-corrected chi connectivity index (χ3v) is 6.83. The molecule has 0 unspecified atom stereocenters. The molecule has 1 aliphatic heterocycles. The minimum Gasteiger partial charge on any atom is -0.356 e. The van der Waals surface area contributed by atoms with Crippen LogP contribution in [0.15, 0.2) is 29.2 Å². The Morgan fingerprint density at radius 3 is 2.18 bits per heavy atom. The smallest absolute Gasteiger partial charge is 0.243 e. The van der Waals surface area contributed by atoms with Gasteiger partial charge in [-0.25, -0.2) is 8.42 Å². The Morgan fingerprint density at radius 2 is 1.64 bits per heavy atom. The van der Waals surface area contributed by atoms with Crippen LogP contribution in [0, 0.1) is 0 Å². The van der Waals surface area contributed by atoms with Crippen LogP contribution in [-0.4, -0.2) is 62.2 Å². The first-order chi connectivity index (χ1) is 13.3. The molecule has 0 radical (unpaired) electrons. The number of hydrogen-bond acceptors (Lipinski definition) is 4. The Labute approximate surface area is 168 Å². The maximum Gasteiger partial charge on any atom is 0.243 e. The summed E-state index contributed by atoms with van der Waals surface area (Å²) >= 11 is 0. The number of hydrogen-bond donors (Lipinski definition) is 1. The third kappa shape index (κ3) is 5.78. The molecular weight excluding hydrogens is 378 g/mol. The summed E-state index contributed by atoms with van der Waals surface area (Å²) in [5, 5.41) is 2.75. The van der Waals surface area contributed by atoms with Gasteiger partial charge in [-0.1, -0.05) is 32.9 Å². The predicted molar refractivity (Wildman–Crippen MR) is 108 cm³/mol. The van der Waals surface area contributed by atoms with Crippen molar-refractivity contribution < 1.29 is 18.0 Å². The van der Waals surface area contributed by atoms with E-state index in [0.29, 0.717) is 25.6 Å². The molecule has 0 atom stereocenters. The molecule has 156 valence electrons. The number of piperazine rings is 1. The fourth-order valence-corrected chi connectivity index (χ4v) is 4.51. The number of amides is 2. The van der Waals surface area contributed by atoms with Crippen molar-refractivity contribution in [2.45, 2.75) is 50.8 Å². The molecule has 1 fully saturated rings. The first-order valence-corrected chi connectivity index (χ1v) is 11.3. The lowest BCUT2D eigenvalue weighted by Gasteiger charge is -2.34. The fourth-order valence-electron chi connectivity index (χ4n) is 3.08. The zero-order chi connectivity index (χ0) is 20.7. The van der Waals surface area contributed by atoms with Crippen LogP contribution in [0.5, 0.6) is 0 Å². The van der Waals surface area contributed by atoms with E-state index in [1.165, 1.54) is 4.31 Å². The van der Waals surface area contributed by atoms with Crippen molar-refractivity contribution in [2.24, 2.45) is 0 Å². The van der Waals surface area contributed by atoms with E-state index >= 15 is 0 Å². The van der Waals surface area contributed by atoms with E-state index in [0.717, 1.165) is 12.0 Å². The van der Waals surface area contributed by atoms with Crippen molar-refractivity contribution in [3.8, 4) is 0 Å². The normalized spacial score (nSPS) is 15.6. The molecule has 2 rings (SSSR count). The van der Waals surface area contributed by atoms with Gasteiger partial charge in [0.25, 0.3) is 0 Å². The molecule has 0 bridgehead atoms. The Morgan fingerprint density at radius 1 is 1.04 bits per heavy atom. The third-order valence-electron chi connectivity index (χ3n) is 4.91. The molecule has 0 spiro atoms. The fraction of sp³-hybridized carbons (Fsp3) is 0.600. The molecule has 1 aromatic carbocycles. The predicted octanol–water partition coefficient (Wildman–Crippen LogP) is 1.95. The van der Waals surface area contributed by atoms with Gasteiger partial charge in [-0.15, -0.1) is 0 Å². The largest absolute Gasteiger partial charge is 0.356 e. The highest BCUT2D eigenvalue weighted by molar-refractivity contribution is 7.89. The number of benzene rings is 1. The van der Waals surface area contributed by atoms with Gasteiger partial charge >= 0.3 is 0 Å². The van der Waals surface area contributed by atoms with Gasteiger partial charge < -0.3 is 10.2 Å². The quantitative estimate of drug-likeness (QED) is 0.711. The summed E-state index contributed by atoms with van der Waals surface area (Å²) in [6.07, 6.45) is 1.18. The topological polar surface area (TPSA) is 86.8 Å². The lowest BCUT2D eigenvalue weighted by atomic mass is 10.0. The second kappa shape index (κ2) is 10.0. The first kappa shape index (κ1) is 22.4. The second-order valence-electron chi connectivity index (χ2n) is 7.36. The summed E-state index contributed by atoms with van der Waals surface area (Å²) in [4.78, 5) is 25.8. The van der Waals surface area contributed by atoms with E-state index in [1.807, 2.05) is 19.1 Å². The lowest BCUT2D eigenvalue weighted by molar-refractivity contribution is -0.134. The van der Waals surface area contributed by atoms with Crippen LogP contribution >= 0.6 is 0 Å². The molecule has 0 saturated carbocycles. The van der Waals surface area contributed by atoms with E-state index in [1.54, 1.807) is 17.0 Å². The van der Waals surface area contributed by atoms with Gasteiger partial charge in [-0.3, -0.25) is 9.59 Å². The van der Waals surface area contributed by atoms with Crippen molar-refractivity contribution in [1.82, 2.24) is 14.5 Å². The average molecular weight is 410 g/mol. The van der Waals surface area contributed by atoms with E-state index in [4.69, 9.17) is 0 Å². The van der Waals surface area contributed by atoms with E-state index < -0.39 is 10.0 Å². The maximum atomic E-state index is 12.8. The van der Waals surface area contributed by atoms with Crippen molar-refractivity contribution in [3.63, 3.8) is 0 Å². The maximum absolute atomic E-state index is 12.8. The summed E-state index contributed by atoms with van der Waals surface area (Å²) in [5.74, 6) is 0.113. The number of sulfonamides is 1. The number of carbonyl (C=O) groups excluding carboxylic acids is 2. The summed E-state index contributed by atoms with van der Waals surface area (Å²) in [6.45, 7) is 7.93. The van der Waals surface area contributed by atoms with Crippen LogP contribution in [0.4, 0.5) is 0 Å². The zero-order valence-electron chi connectivity index (χ0n) is 17.0. The molecule has 0 aliphatic carbocycles. The van der Waals surface area contributed by atoms with Gasteiger partial charge in [0.15, 0.2) is 0 Å². The van der Waals surface area contributed by atoms with Gasteiger partial charge in [-0.05, 0) is 30.0 Å². The Balaban J connectivity index is 1.88. The molecule has 2 amide bonds. The molecule has 1 aromatic rings. The lowest BCUT2D eigenvalue weighted by Crippen LogP contribution is -2.50. The van der Waals surface area contributed by atoms with Crippen LogP contribution in [0.1, 0.15) is 51.5 Å². The van der Waals surface area contributed by atoms with Crippen molar-refractivity contribution in [2.75, 3.05) is 32.7 Å². The van der Waals surface area contributed by atoms with Crippen LogP contribution < -0.4 is 5.32 Å². The van der Waals surface area contributed by atoms with E-state index in [9.17, 15) is 18.0 Å². The van der Waals surface area contributed by atoms with Crippen molar-refractivity contribution in [1.29, 1.82) is 0 Å². The van der Waals surface area contributed by atoms with Gasteiger partial charge in [0.1, 0.15) is 0 Å². The molecule has 1 N–H and O–H groups in total. The van der Waals surface area contributed by atoms with Crippen LogP contribution in [0.25, 0.3) is 0 Å². The number of carbonyl (C=O) groups is 2. The number of nitrogens with one attached hydrogen (secondary N) is 1. The molecule has 1 saturated heterocycles. The van der Waals surface area contributed by atoms with E-state index in [2.05, 4.69) is 19.2 Å². The van der Waals surface area contributed by atoms with Gasteiger partial charge in [0.2, 0.25) is 21.8 Å². The monoisotopic (exact) mass is 409 g/mol. The zero-order valence-corrected chi connectivity index (χ0v) is 17.8. The molecule has 7 nitrogen and oxygen atoms in total. The molecular formula is C20H31N3O4S. The summed E-state index contributed by atoms with van der Waals surface area (Å²) < 4.78 is 27.1. The molecule has 8 heteroatoms. The highest BCUT2D eigenvalue weighted by atomic mass is 32.2. The summed E-state index contributed by atoms with van der Waals surface area (Å²) in [5.41, 5.74) is 1.09. The second-order valence-corrected chi connectivity index (χ2v) is 9.30. The summed E-state index contributed by atoms with van der Waals surface area (Å²) in [6, 6.07) is 7.00. The number of rotatable bonds is 8. The minimum atomic E-state index is -3.56. The summed E-state index contributed by atoms with van der Waals surface area (Å²) in [7, 11) is -3.56. The highest BCUT2D eigenvalue weighted by Gasteiger charge is 2.30. The van der Waals surface area contributed by atoms with Crippen LogP contribution in [0.2, 0.25) is 0 Å². The van der Waals surface area contributed by atoms with Gasteiger partial charge in [-0.2, -0.15) is 4.31 Å². The minimum absolute atomic E-state index is 0.106. The van der Waals surface area contributed by atoms with Crippen LogP contribution in [-0.2, 0) is 19.6 Å². The molecule has 28 heavy (non-hydrogen) atoms. The van der Waals surface area contributed by atoms with Gasteiger partial charge in [0, 0.05) is 45.6 Å². The Bertz CT molecular complexity index is 767. The van der Waals surface area contributed by atoms with Gasteiger partial charge in [0.05, 0.1) is 4.90 Å². The molecule has 1 aliphatic rings. The SMILES string of the molecule is CCCNC(=O)CCC(=O)N1CCN(S(=O)(=O)c2ccc(C(C)C)cc2)CC1. The van der Waals surface area contributed by atoms with Crippen molar-refractivity contribution >= 4 is 21.8 Å². The van der Waals surface area contributed by atoms with Crippen molar-refractivity contribution in [3.05, 3.63) is 29.8 Å². The Hall–Kier alpha value is -1.93. The molecule has 1 heterocycles. The molecule has 0 aromatic heterocycles. The first-order valence-electron chi connectivity index (χ1n) is 9.90. The average Bonchev–Trinajstić information content (AvgIpc) is 2.70. The Kier molecular flexibility index (Phi) is 8.00. The number of nitrogens with zero attached hydrogens (tertiary/aromatic N) is 2. The van der Waals surface area contributed by atoms with Crippen LogP contribution in [0.3, 0.4) is 0 Å².